The lowest BCUT2D eigenvalue weighted by atomic mass is 10.1. The van der Waals surface area contributed by atoms with Crippen molar-refractivity contribution in [1.82, 2.24) is 10.6 Å². The number of nitrogens with one attached hydrogen (secondary N) is 2. The van der Waals surface area contributed by atoms with Crippen LogP contribution in [-0.2, 0) is 27.7 Å². The Morgan fingerprint density at radius 1 is 0.943 bits per heavy atom. The van der Waals surface area contributed by atoms with Crippen molar-refractivity contribution in [3.8, 4) is 11.5 Å². The molecule has 0 saturated heterocycles. The number of urea groups is 1. The second kappa shape index (κ2) is 13.0. The van der Waals surface area contributed by atoms with Gasteiger partial charge in [0.2, 0.25) is 0 Å². The Labute approximate surface area is 207 Å². The summed E-state index contributed by atoms with van der Waals surface area (Å²) in [7, 11) is -3.54. The van der Waals surface area contributed by atoms with E-state index < -0.39 is 21.8 Å². The van der Waals surface area contributed by atoms with Crippen LogP contribution in [-0.4, -0.2) is 46.0 Å². The maximum absolute atomic E-state index is 12.4. The van der Waals surface area contributed by atoms with Crippen LogP contribution in [0.15, 0.2) is 41.3 Å². The van der Waals surface area contributed by atoms with Gasteiger partial charge in [0.15, 0.2) is 9.84 Å². The topological polar surface area (TPSA) is 120 Å². The van der Waals surface area contributed by atoms with E-state index in [-0.39, 0.29) is 36.4 Å². The van der Waals surface area contributed by atoms with Gasteiger partial charge in [-0.1, -0.05) is 19.1 Å². The Balaban J connectivity index is 2.07. The second-order valence-electron chi connectivity index (χ2n) is 7.91. The standard InChI is InChI=1S/C25H34N2O7S/c1-6-17(4)34-24(28)19-11-9-10-18(12-19)15-26-25(29)27-16-20-13-22(33-8-3)23(35(5,30)31)14-21(20)32-7-2/h9-14,17H,6-8,15-16H2,1-5H3,(H2,26,27,29). The zero-order valence-electron chi connectivity index (χ0n) is 20.8. The maximum atomic E-state index is 12.4. The minimum absolute atomic E-state index is 0.0303. The van der Waals surface area contributed by atoms with E-state index in [1.165, 1.54) is 6.07 Å². The van der Waals surface area contributed by atoms with E-state index in [9.17, 15) is 18.0 Å². The lowest BCUT2D eigenvalue weighted by Gasteiger charge is -2.16. The highest BCUT2D eigenvalue weighted by atomic mass is 32.2. The molecule has 0 aliphatic carbocycles. The number of hydrogen-bond acceptors (Lipinski definition) is 7. The van der Waals surface area contributed by atoms with E-state index in [1.807, 2.05) is 13.8 Å². The molecule has 2 aromatic rings. The first-order valence-corrected chi connectivity index (χ1v) is 13.4. The molecule has 0 aromatic heterocycles. The number of hydrogen-bond donors (Lipinski definition) is 2. The monoisotopic (exact) mass is 506 g/mol. The summed E-state index contributed by atoms with van der Waals surface area (Å²) in [5, 5.41) is 5.48. The fourth-order valence-corrected chi connectivity index (χ4v) is 3.94. The largest absolute Gasteiger partial charge is 0.493 e. The quantitative estimate of drug-likeness (QED) is 0.420. The second-order valence-corrected chi connectivity index (χ2v) is 9.89. The molecule has 2 amide bonds. The van der Waals surface area contributed by atoms with Crippen LogP contribution in [0.4, 0.5) is 4.79 Å². The fraction of sp³-hybridized carbons (Fsp3) is 0.440. The van der Waals surface area contributed by atoms with Gasteiger partial charge in [0, 0.05) is 31.0 Å². The molecule has 35 heavy (non-hydrogen) atoms. The van der Waals surface area contributed by atoms with Gasteiger partial charge in [-0.05, 0) is 51.0 Å². The molecule has 0 aliphatic rings. The number of ether oxygens (including phenoxy) is 3. The molecule has 0 spiro atoms. The van der Waals surface area contributed by atoms with Gasteiger partial charge in [-0.25, -0.2) is 18.0 Å². The van der Waals surface area contributed by atoms with E-state index >= 15 is 0 Å². The summed E-state index contributed by atoms with van der Waals surface area (Å²) < 4.78 is 40.8. The molecule has 0 radical (unpaired) electrons. The molecule has 9 nitrogen and oxygen atoms in total. The zero-order chi connectivity index (χ0) is 26.0. The van der Waals surface area contributed by atoms with Crippen molar-refractivity contribution >= 4 is 21.8 Å². The number of carbonyl (C=O) groups excluding carboxylic acids is 2. The molecule has 192 valence electrons. The van der Waals surface area contributed by atoms with E-state index in [4.69, 9.17) is 14.2 Å². The van der Waals surface area contributed by atoms with Crippen LogP contribution < -0.4 is 20.1 Å². The number of benzene rings is 2. The van der Waals surface area contributed by atoms with Gasteiger partial charge in [0.1, 0.15) is 16.4 Å². The smallest absolute Gasteiger partial charge is 0.338 e. The molecular formula is C25H34N2O7S. The summed E-state index contributed by atoms with van der Waals surface area (Å²) >= 11 is 0. The Morgan fingerprint density at radius 2 is 1.60 bits per heavy atom. The summed E-state index contributed by atoms with van der Waals surface area (Å²) in [4.78, 5) is 24.7. The summed E-state index contributed by atoms with van der Waals surface area (Å²) in [5.74, 6) is 0.151. The van der Waals surface area contributed by atoms with E-state index in [1.54, 1.807) is 44.2 Å². The third kappa shape index (κ3) is 8.47. The number of amides is 2. The lowest BCUT2D eigenvalue weighted by molar-refractivity contribution is 0.0334. The Kier molecular flexibility index (Phi) is 10.4. The first kappa shape index (κ1) is 28.0. The first-order valence-electron chi connectivity index (χ1n) is 11.5. The van der Waals surface area contributed by atoms with Gasteiger partial charge in [0.05, 0.1) is 24.9 Å². The number of sulfone groups is 1. The molecule has 0 bridgehead atoms. The van der Waals surface area contributed by atoms with Crippen LogP contribution in [0.5, 0.6) is 11.5 Å². The van der Waals surface area contributed by atoms with Gasteiger partial charge in [-0.3, -0.25) is 0 Å². The summed E-state index contributed by atoms with van der Waals surface area (Å²) in [5.41, 5.74) is 1.73. The maximum Gasteiger partial charge on any atom is 0.338 e. The molecule has 1 atom stereocenters. The predicted molar refractivity (Wildman–Crippen MR) is 133 cm³/mol. The minimum Gasteiger partial charge on any atom is -0.493 e. The van der Waals surface area contributed by atoms with Gasteiger partial charge in [-0.15, -0.1) is 0 Å². The van der Waals surface area contributed by atoms with Crippen LogP contribution >= 0.6 is 0 Å². The molecular weight excluding hydrogens is 472 g/mol. The van der Waals surface area contributed by atoms with Crippen molar-refractivity contribution in [1.29, 1.82) is 0 Å². The minimum atomic E-state index is -3.54. The predicted octanol–water partition coefficient (Wildman–Crippen LogP) is 3.84. The molecule has 2 rings (SSSR count). The van der Waals surface area contributed by atoms with Crippen molar-refractivity contribution in [3.63, 3.8) is 0 Å². The zero-order valence-corrected chi connectivity index (χ0v) is 21.7. The highest BCUT2D eigenvalue weighted by molar-refractivity contribution is 7.90. The van der Waals surface area contributed by atoms with Crippen LogP contribution in [0, 0.1) is 0 Å². The molecule has 0 aliphatic heterocycles. The molecule has 2 N–H and O–H groups in total. The third-order valence-corrected chi connectivity index (χ3v) is 6.18. The molecule has 0 fully saturated rings. The SMILES string of the molecule is CCOc1cc(S(C)(=O)=O)c(OCC)cc1CNC(=O)NCc1cccc(C(=O)OC(C)CC)c1. The molecule has 1 unspecified atom stereocenters. The van der Waals surface area contributed by atoms with Crippen molar-refractivity contribution in [2.75, 3.05) is 19.5 Å². The van der Waals surface area contributed by atoms with Crippen LogP contribution in [0.3, 0.4) is 0 Å². The first-order chi connectivity index (χ1) is 16.6. The van der Waals surface area contributed by atoms with E-state index in [0.717, 1.165) is 18.2 Å². The van der Waals surface area contributed by atoms with Crippen molar-refractivity contribution < 1.29 is 32.2 Å². The van der Waals surface area contributed by atoms with Crippen molar-refractivity contribution in [2.24, 2.45) is 0 Å². The van der Waals surface area contributed by atoms with Crippen LogP contribution in [0.2, 0.25) is 0 Å². The van der Waals surface area contributed by atoms with E-state index in [0.29, 0.717) is 23.5 Å². The number of carbonyl (C=O) groups is 2. The van der Waals surface area contributed by atoms with E-state index in [2.05, 4.69) is 10.6 Å². The third-order valence-electron chi connectivity index (χ3n) is 5.06. The number of rotatable bonds is 12. The average molecular weight is 507 g/mol. The van der Waals surface area contributed by atoms with Crippen molar-refractivity contribution in [2.45, 2.75) is 58.2 Å². The van der Waals surface area contributed by atoms with Gasteiger partial charge in [0.25, 0.3) is 0 Å². The normalized spacial score (nSPS) is 11.9. The van der Waals surface area contributed by atoms with Crippen LogP contribution in [0.1, 0.15) is 55.6 Å². The molecule has 0 heterocycles. The fourth-order valence-electron chi connectivity index (χ4n) is 3.13. The van der Waals surface area contributed by atoms with Gasteiger partial charge >= 0.3 is 12.0 Å². The summed E-state index contributed by atoms with van der Waals surface area (Å²) in [6.45, 7) is 8.21. The molecule has 2 aromatic carbocycles. The van der Waals surface area contributed by atoms with Gasteiger partial charge in [-0.2, -0.15) is 0 Å². The van der Waals surface area contributed by atoms with Crippen LogP contribution in [0.25, 0.3) is 0 Å². The molecule has 0 saturated carbocycles. The summed E-state index contributed by atoms with van der Waals surface area (Å²) in [6, 6.07) is 9.42. The highest BCUT2D eigenvalue weighted by Gasteiger charge is 2.20. The van der Waals surface area contributed by atoms with Gasteiger partial charge < -0.3 is 24.8 Å². The molecule has 10 heteroatoms. The Bertz CT molecular complexity index is 1130. The Morgan fingerprint density at radius 3 is 2.23 bits per heavy atom. The lowest BCUT2D eigenvalue weighted by Crippen LogP contribution is -2.34. The Hall–Kier alpha value is -3.27. The highest BCUT2D eigenvalue weighted by Crippen LogP contribution is 2.32. The summed E-state index contributed by atoms with van der Waals surface area (Å²) in [6.07, 6.45) is 1.65. The number of esters is 1. The van der Waals surface area contributed by atoms with Crippen molar-refractivity contribution in [3.05, 3.63) is 53.1 Å². The average Bonchev–Trinajstić information content (AvgIpc) is 2.82.